The van der Waals surface area contributed by atoms with Gasteiger partial charge in [0.25, 0.3) is 0 Å². The van der Waals surface area contributed by atoms with Gasteiger partial charge in [0.1, 0.15) is 5.78 Å². The van der Waals surface area contributed by atoms with Crippen LogP contribution in [-0.2, 0) is 35.3 Å². The zero-order valence-electron chi connectivity index (χ0n) is 41.6. The maximum Gasteiger partial charge on any atom is 0.163 e. The van der Waals surface area contributed by atoms with E-state index in [1.54, 1.807) is 12.1 Å². The van der Waals surface area contributed by atoms with Gasteiger partial charge in [-0.2, -0.15) is 0 Å². The van der Waals surface area contributed by atoms with Gasteiger partial charge >= 0.3 is 0 Å². The van der Waals surface area contributed by atoms with E-state index in [4.69, 9.17) is 10.5 Å². The number of dihydropyridines is 1. The number of hydrogen-bond donors (Lipinski definition) is 8. The third-order valence-electron chi connectivity index (χ3n) is 16.3. The molecule has 0 radical (unpaired) electrons. The monoisotopic (exact) mass is 954 g/mol. The minimum Gasteiger partial charge on any atom is -0.504 e. The molecule has 3 aromatic rings. The summed E-state index contributed by atoms with van der Waals surface area (Å²) in [5.41, 5.74) is 14.1. The molecule has 0 aromatic heterocycles. The zero-order chi connectivity index (χ0) is 49.0. The Kier molecular flexibility index (Phi) is 18.0. The molecule has 2 aliphatic carbocycles. The molecule has 11 heteroatoms. The number of Topliss-reactive ketones (excluding diaryl/α,β-unsaturated/α-hetero) is 1. The molecular formula is C59H79N5O6. The van der Waals surface area contributed by atoms with Crippen molar-refractivity contribution in [2.45, 2.75) is 128 Å². The van der Waals surface area contributed by atoms with Crippen molar-refractivity contribution in [2.75, 3.05) is 39.9 Å². The summed E-state index contributed by atoms with van der Waals surface area (Å²) < 4.78 is 5.52. The van der Waals surface area contributed by atoms with Crippen molar-refractivity contribution in [1.29, 1.82) is 0 Å². The Morgan fingerprint density at radius 1 is 1.00 bits per heavy atom. The predicted molar refractivity (Wildman–Crippen MR) is 279 cm³/mol. The summed E-state index contributed by atoms with van der Waals surface area (Å²) in [4.78, 5) is 27.5. The number of benzene rings is 3. The number of aliphatic hydroxyl groups excluding tert-OH is 2. The highest BCUT2D eigenvalue weighted by Gasteiger charge is 2.49. The van der Waals surface area contributed by atoms with E-state index in [9.17, 15) is 24.9 Å². The molecule has 11 nitrogen and oxygen atoms in total. The molecule has 3 aliphatic heterocycles. The number of phenolic OH excluding ortho intramolecular Hbond substituents is 1. The lowest BCUT2D eigenvalue weighted by molar-refractivity contribution is -0.124. The van der Waals surface area contributed by atoms with E-state index in [1.165, 1.54) is 42.7 Å². The quantitative estimate of drug-likeness (QED) is 0.0270. The summed E-state index contributed by atoms with van der Waals surface area (Å²) in [5, 5.41) is 46.5. The number of hydrogen-bond acceptors (Lipinski definition) is 11. The van der Waals surface area contributed by atoms with E-state index in [1.807, 2.05) is 25.3 Å². The Labute approximate surface area is 416 Å². The van der Waals surface area contributed by atoms with Crippen molar-refractivity contribution in [3.8, 4) is 11.5 Å². The molecule has 8 rings (SSSR count). The first-order valence-electron chi connectivity index (χ1n) is 26.3. The highest BCUT2D eigenvalue weighted by atomic mass is 16.5. The fourth-order valence-electron chi connectivity index (χ4n) is 12.9. The first-order chi connectivity index (χ1) is 34.0. The van der Waals surface area contributed by atoms with Crippen LogP contribution in [-0.4, -0.2) is 91.1 Å². The third-order valence-corrected chi connectivity index (χ3v) is 16.3. The van der Waals surface area contributed by atoms with Crippen LogP contribution in [0.5, 0.6) is 11.5 Å². The molecule has 70 heavy (non-hydrogen) atoms. The molecule has 9 atom stereocenters. The molecule has 0 bridgehead atoms. The van der Waals surface area contributed by atoms with Gasteiger partial charge in [-0.1, -0.05) is 66.7 Å². The molecule has 2 saturated carbocycles. The fraction of sp³-hybridized carbons (Fsp3) is 0.525. The number of nitrogens with one attached hydrogen (secondary N) is 4. The van der Waals surface area contributed by atoms with Crippen molar-refractivity contribution in [3.05, 3.63) is 136 Å². The summed E-state index contributed by atoms with van der Waals surface area (Å²) in [6, 6.07) is 23.4. The molecule has 3 fully saturated rings. The van der Waals surface area contributed by atoms with Gasteiger partial charge < -0.3 is 47.1 Å². The first-order valence-corrected chi connectivity index (χ1v) is 26.3. The lowest BCUT2D eigenvalue weighted by Crippen LogP contribution is -2.56. The smallest absolute Gasteiger partial charge is 0.163 e. The van der Waals surface area contributed by atoms with Crippen LogP contribution in [0.15, 0.2) is 108 Å². The fourth-order valence-corrected chi connectivity index (χ4v) is 12.9. The van der Waals surface area contributed by atoms with Crippen molar-refractivity contribution in [3.63, 3.8) is 0 Å². The number of methoxy groups -OCH3 is 1. The van der Waals surface area contributed by atoms with Crippen molar-refractivity contribution in [2.24, 2.45) is 34.8 Å². The summed E-state index contributed by atoms with van der Waals surface area (Å²) in [5.74, 6) is 2.20. The molecule has 9 N–H and O–H groups in total. The van der Waals surface area contributed by atoms with Crippen LogP contribution in [0.1, 0.15) is 105 Å². The Morgan fingerprint density at radius 2 is 1.79 bits per heavy atom. The first kappa shape index (κ1) is 51.5. The molecule has 376 valence electrons. The average molecular weight is 954 g/mol. The van der Waals surface area contributed by atoms with Gasteiger partial charge in [0.15, 0.2) is 17.3 Å². The van der Waals surface area contributed by atoms with Gasteiger partial charge in [-0.15, -0.1) is 0 Å². The predicted octanol–water partition coefficient (Wildman–Crippen LogP) is 7.42. The summed E-state index contributed by atoms with van der Waals surface area (Å²) in [6.07, 6.45) is 21.8. The van der Waals surface area contributed by atoms with E-state index in [2.05, 4.69) is 82.0 Å². The molecule has 5 aliphatic rings. The van der Waals surface area contributed by atoms with Crippen LogP contribution in [0.2, 0.25) is 0 Å². The van der Waals surface area contributed by atoms with Gasteiger partial charge in [0.05, 0.1) is 32.4 Å². The van der Waals surface area contributed by atoms with Gasteiger partial charge in [0, 0.05) is 37.8 Å². The summed E-state index contributed by atoms with van der Waals surface area (Å²) >= 11 is 0. The number of carbonyl (C=O) groups excluding carboxylic acids is 2. The number of nitrogens with two attached hydrogens (primary N) is 1. The van der Waals surface area contributed by atoms with Crippen LogP contribution in [0, 0.1) is 29.1 Å². The number of carbonyl (C=O) groups is 2. The molecule has 3 heterocycles. The standard InChI is InChI=1S/C59H79N5O6/c1-39(66)35-63-49-19-22-59(33-49,34-54-52-20-24-61-36-47(52)26-44-13-8-23-62-58(44)54)21-7-14-50(67)31-51(68)28-48(38-65)53-32-56(70-2)55(69)29-45(53)27-46-37-64-57(60)30-43(46)18-17-42-12-6-11-41(25-42)16-15-40-9-4-3-5-10-40/h3-6,8-13,25,28-30,32,37,39,44,47,49,52,54,57-58,61-66,69H,7,14-24,26-27,31,33-36,38,60H2,1-2H3/b48-28+/t39-,44-,47+,49+,52-,54-,57?,58+,59-/m0/s1. The van der Waals surface area contributed by atoms with Crippen LogP contribution in [0.3, 0.4) is 0 Å². The molecule has 1 unspecified atom stereocenters. The van der Waals surface area contributed by atoms with E-state index >= 15 is 0 Å². The number of rotatable bonds is 23. The van der Waals surface area contributed by atoms with E-state index in [0.29, 0.717) is 71.8 Å². The van der Waals surface area contributed by atoms with Crippen molar-refractivity contribution >= 4 is 17.1 Å². The number of phenols is 1. The Hall–Kier alpha value is -4.88. The minimum atomic E-state index is -0.440. The molecular weight excluding hydrogens is 875 g/mol. The topological polar surface area (TPSA) is 178 Å². The number of piperidine rings is 1. The largest absolute Gasteiger partial charge is 0.504 e. The zero-order valence-corrected chi connectivity index (χ0v) is 41.6. The Balaban J connectivity index is 0.920. The lowest BCUT2D eigenvalue weighted by Gasteiger charge is -2.52. The summed E-state index contributed by atoms with van der Waals surface area (Å²) in [7, 11) is 1.47. The minimum absolute atomic E-state index is 0.0465. The number of ketones is 2. The van der Waals surface area contributed by atoms with Crippen LogP contribution < -0.4 is 31.7 Å². The highest BCUT2D eigenvalue weighted by Crippen LogP contribution is 2.53. The van der Waals surface area contributed by atoms with E-state index in [-0.39, 0.29) is 41.1 Å². The number of ether oxygens (including phenoxy) is 1. The molecule has 1 saturated heterocycles. The Bertz CT molecular complexity index is 2380. The number of fused-ring (bicyclic) bond motifs is 2. The third kappa shape index (κ3) is 13.5. The van der Waals surface area contributed by atoms with Crippen molar-refractivity contribution < 1.29 is 29.6 Å². The second kappa shape index (κ2) is 24.5. The normalized spacial score (nSPS) is 26.9. The van der Waals surface area contributed by atoms with E-state index < -0.39 is 12.7 Å². The average Bonchev–Trinajstić information content (AvgIpc) is 3.77. The van der Waals surface area contributed by atoms with Gasteiger partial charge in [-0.25, -0.2) is 0 Å². The number of aryl methyl sites for hydroxylation is 3. The van der Waals surface area contributed by atoms with Gasteiger partial charge in [0.2, 0.25) is 0 Å². The van der Waals surface area contributed by atoms with Gasteiger partial charge in [-0.05, 0) is 201 Å². The van der Waals surface area contributed by atoms with Crippen LogP contribution >= 0.6 is 0 Å². The van der Waals surface area contributed by atoms with E-state index in [0.717, 1.165) is 95.0 Å². The maximum atomic E-state index is 13.8. The maximum absolute atomic E-state index is 13.8. The van der Waals surface area contributed by atoms with Gasteiger partial charge in [-0.3, -0.25) is 9.59 Å². The Morgan fingerprint density at radius 3 is 2.57 bits per heavy atom. The molecule has 0 amide bonds. The second-order valence-corrected chi connectivity index (χ2v) is 21.3. The number of aliphatic hydroxyl groups is 2. The number of aromatic hydroxyl groups is 1. The molecule has 0 spiro atoms. The van der Waals surface area contributed by atoms with Crippen LogP contribution in [0.4, 0.5) is 0 Å². The molecule has 3 aromatic carbocycles. The highest BCUT2D eigenvalue weighted by molar-refractivity contribution is 6.07. The second-order valence-electron chi connectivity index (χ2n) is 21.3. The van der Waals surface area contributed by atoms with Crippen molar-refractivity contribution in [1.82, 2.24) is 21.3 Å². The SMILES string of the molecule is COc1cc(/C(=C/C(=O)CC(=O)CCC[C@]2(C[C@H]3[C@H]4CCNC[C@H]4C[C@@H]4C=CCN[C@@H]34)CC[C@@H](NC[C@H](C)O)C2)CO)c(CC2=CNC(N)C=C2CCc2cccc(CCc3ccccc3)c2)cc1O. The summed E-state index contributed by atoms with van der Waals surface area (Å²) in [6.45, 7) is 5.05. The number of allylic oxidation sites excluding steroid dienone is 3. The lowest BCUT2D eigenvalue weighted by atomic mass is 9.57. The van der Waals surface area contributed by atoms with Crippen LogP contribution in [0.25, 0.3) is 5.57 Å².